The van der Waals surface area contributed by atoms with Gasteiger partial charge in [-0.3, -0.25) is 0 Å². The molecule has 0 atom stereocenters. The minimum Gasteiger partial charge on any atom is -0.411 e. The Hall–Kier alpha value is -0.500. The van der Waals surface area contributed by atoms with Crippen LogP contribution in [0.15, 0.2) is 16.3 Å². The van der Waals surface area contributed by atoms with Gasteiger partial charge in [0.05, 0.1) is 10.7 Å². The van der Waals surface area contributed by atoms with Gasteiger partial charge in [0.2, 0.25) is 0 Å². The summed E-state index contributed by atoms with van der Waals surface area (Å²) in [6.07, 6.45) is 9.80. The Morgan fingerprint density at radius 2 is 1.85 bits per heavy atom. The van der Waals surface area contributed by atoms with Crippen molar-refractivity contribution in [2.24, 2.45) is 5.16 Å². The Bertz CT molecular complexity index is 211. The van der Waals surface area contributed by atoms with Crippen LogP contribution in [0.25, 0.3) is 0 Å². The molecule has 3 heteroatoms. The van der Waals surface area contributed by atoms with E-state index in [1.807, 2.05) is 6.08 Å². The van der Waals surface area contributed by atoms with E-state index < -0.39 is 0 Å². The monoisotopic (exact) mass is 201 g/mol. The van der Waals surface area contributed by atoms with E-state index in [1.165, 1.54) is 25.7 Å². The first-order chi connectivity index (χ1) is 6.34. The van der Waals surface area contributed by atoms with Gasteiger partial charge in [-0.2, -0.15) is 0 Å². The maximum atomic E-state index is 8.70. The maximum Gasteiger partial charge on any atom is 0.0978 e. The zero-order valence-corrected chi connectivity index (χ0v) is 8.56. The first-order valence-electron chi connectivity index (χ1n) is 4.91. The fourth-order valence-electron chi connectivity index (χ4n) is 1.53. The zero-order valence-electron chi connectivity index (χ0n) is 7.80. The van der Waals surface area contributed by atoms with Gasteiger partial charge in [-0.15, -0.1) is 0 Å². The maximum absolute atomic E-state index is 8.70. The second kappa shape index (κ2) is 6.03. The van der Waals surface area contributed by atoms with E-state index in [2.05, 4.69) is 5.16 Å². The van der Waals surface area contributed by atoms with Gasteiger partial charge < -0.3 is 5.21 Å². The smallest absolute Gasteiger partial charge is 0.0978 e. The number of hydrogen-bond acceptors (Lipinski definition) is 2. The van der Waals surface area contributed by atoms with Gasteiger partial charge >= 0.3 is 0 Å². The summed E-state index contributed by atoms with van der Waals surface area (Å²) < 4.78 is 0. The zero-order chi connectivity index (χ0) is 9.52. The van der Waals surface area contributed by atoms with Crippen LogP contribution in [0.4, 0.5) is 0 Å². The topological polar surface area (TPSA) is 32.6 Å². The van der Waals surface area contributed by atoms with Crippen LogP contribution in [0.2, 0.25) is 0 Å². The van der Waals surface area contributed by atoms with Gasteiger partial charge in [-0.1, -0.05) is 42.1 Å². The van der Waals surface area contributed by atoms with Crippen LogP contribution in [0.1, 0.15) is 44.9 Å². The molecule has 13 heavy (non-hydrogen) atoms. The Balaban J connectivity index is 2.58. The standard InChI is InChI=1S/C10H16ClNO/c11-9-7-5-3-1-2-4-6-8-10(9)12-13/h7,13H,1-6,8H2/b9-7-,12-10?. The van der Waals surface area contributed by atoms with Gasteiger partial charge in [0.15, 0.2) is 0 Å². The average molecular weight is 202 g/mol. The van der Waals surface area contributed by atoms with Crippen LogP contribution in [-0.2, 0) is 0 Å². The van der Waals surface area contributed by atoms with Crippen molar-refractivity contribution in [3.63, 3.8) is 0 Å². The molecule has 74 valence electrons. The molecule has 0 saturated heterocycles. The number of oxime groups is 1. The van der Waals surface area contributed by atoms with E-state index in [1.54, 1.807) is 0 Å². The third-order valence-electron chi connectivity index (χ3n) is 2.34. The highest BCUT2D eigenvalue weighted by Crippen LogP contribution is 2.17. The van der Waals surface area contributed by atoms with Gasteiger partial charge in [0.25, 0.3) is 0 Å². The molecule has 0 fully saturated rings. The lowest BCUT2D eigenvalue weighted by Crippen LogP contribution is -2.00. The summed E-state index contributed by atoms with van der Waals surface area (Å²) in [5, 5.41) is 12.6. The minimum atomic E-state index is 0.629. The summed E-state index contributed by atoms with van der Waals surface area (Å²) in [6, 6.07) is 0. The van der Waals surface area contributed by atoms with Crippen LogP contribution in [-0.4, -0.2) is 10.9 Å². The minimum absolute atomic E-state index is 0.629. The molecule has 0 aliphatic heterocycles. The van der Waals surface area contributed by atoms with Gasteiger partial charge in [0.1, 0.15) is 0 Å². The van der Waals surface area contributed by atoms with E-state index >= 15 is 0 Å². The van der Waals surface area contributed by atoms with Crippen molar-refractivity contribution in [1.29, 1.82) is 0 Å². The molecule has 0 radical (unpaired) electrons. The molecule has 0 bridgehead atoms. The van der Waals surface area contributed by atoms with Gasteiger partial charge in [0, 0.05) is 0 Å². The molecule has 1 rings (SSSR count). The molecule has 0 amide bonds. The van der Waals surface area contributed by atoms with Crippen LogP contribution in [0.5, 0.6) is 0 Å². The molecule has 0 aromatic heterocycles. The van der Waals surface area contributed by atoms with Crippen molar-refractivity contribution >= 4 is 17.3 Å². The first kappa shape index (κ1) is 10.6. The Morgan fingerprint density at radius 3 is 2.62 bits per heavy atom. The highest BCUT2D eigenvalue weighted by molar-refractivity contribution is 6.43. The van der Waals surface area contributed by atoms with Crippen molar-refractivity contribution in [2.45, 2.75) is 44.9 Å². The van der Waals surface area contributed by atoms with Crippen molar-refractivity contribution < 1.29 is 5.21 Å². The predicted octanol–water partition coefficient (Wildman–Crippen LogP) is 3.68. The quantitative estimate of drug-likeness (QED) is 0.471. The first-order valence-corrected chi connectivity index (χ1v) is 5.29. The fraction of sp³-hybridized carbons (Fsp3) is 0.700. The van der Waals surface area contributed by atoms with Crippen molar-refractivity contribution in [3.8, 4) is 0 Å². The Kier molecular flexibility index (Phi) is 4.91. The number of allylic oxidation sites excluding steroid dienone is 2. The van der Waals surface area contributed by atoms with Crippen molar-refractivity contribution in [1.82, 2.24) is 0 Å². The Morgan fingerprint density at radius 1 is 1.15 bits per heavy atom. The molecule has 0 unspecified atom stereocenters. The van der Waals surface area contributed by atoms with Crippen LogP contribution in [0.3, 0.4) is 0 Å². The van der Waals surface area contributed by atoms with Gasteiger partial charge in [-0.05, 0) is 25.7 Å². The van der Waals surface area contributed by atoms with Crippen molar-refractivity contribution in [2.75, 3.05) is 0 Å². The molecule has 0 aromatic rings. The highest BCUT2D eigenvalue weighted by Gasteiger charge is 2.06. The van der Waals surface area contributed by atoms with E-state index in [9.17, 15) is 0 Å². The van der Waals surface area contributed by atoms with Gasteiger partial charge in [-0.25, -0.2) is 0 Å². The summed E-state index contributed by atoms with van der Waals surface area (Å²) in [6.45, 7) is 0. The molecule has 0 saturated carbocycles. The third-order valence-corrected chi connectivity index (χ3v) is 2.71. The molecular weight excluding hydrogens is 186 g/mol. The van der Waals surface area contributed by atoms with Crippen LogP contribution < -0.4 is 0 Å². The molecule has 0 aromatic carbocycles. The molecule has 0 spiro atoms. The number of halogens is 1. The normalized spacial score (nSPS) is 28.1. The summed E-state index contributed by atoms with van der Waals surface area (Å²) in [7, 11) is 0. The predicted molar refractivity (Wildman–Crippen MR) is 55.5 cm³/mol. The molecule has 2 nitrogen and oxygen atoms in total. The lowest BCUT2D eigenvalue weighted by molar-refractivity contribution is 0.317. The van der Waals surface area contributed by atoms with E-state index in [-0.39, 0.29) is 0 Å². The summed E-state index contributed by atoms with van der Waals surface area (Å²) in [5.74, 6) is 0. The number of hydrogen-bond donors (Lipinski definition) is 1. The summed E-state index contributed by atoms with van der Waals surface area (Å²) in [4.78, 5) is 0. The largest absolute Gasteiger partial charge is 0.411 e. The van der Waals surface area contributed by atoms with E-state index in [4.69, 9.17) is 16.8 Å². The molecule has 1 N–H and O–H groups in total. The fourth-order valence-corrected chi connectivity index (χ4v) is 1.77. The molecule has 1 aliphatic rings. The summed E-state index contributed by atoms with van der Waals surface area (Å²) >= 11 is 5.96. The number of rotatable bonds is 0. The lowest BCUT2D eigenvalue weighted by atomic mass is 10.0. The SMILES string of the molecule is ON=C1CCCCCCC/C=C/1Cl. The second-order valence-corrected chi connectivity index (χ2v) is 3.81. The molecular formula is C10H16ClNO. The molecule has 1 aliphatic carbocycles. The average Bonchev–Trinajstić information content (AvgIpc) is 2.16. The summed E-state index contributed by atoms with van der Waals surface area (Å²) in [5.41, 5.74) is 0.642. The third kappa shape index (κ3) is 3.81. The lowest BCUT2D eigenvalue weighted by Gasteiger charge is -2.06. The van der Waals surface area contributed by atoms with E-state index in [0.29, 0.717) is 10.7 Å². The van der Waals surface area contributed by atoms with Crippen molar-refractivity contribution in [3.05, 3.63) is 11.1 Å². The second-order valence-electron chi connectivity index (χ2n) is 3.41. The molecule has 0 heterocycles. The van der Waals surface area contributed by atoms with E-state index in [0.717, 1.165) is 19.3 Å². The number of nitrogens with zero attached hydrogens (tertiary/aromatic N) is 1. The van der Waals surface area contributed by atoms with Crippen LogP contribution in [0, 0.1) is 0 Å². The Labute approximate surface area is 84.3 Å². The van der Waals surface area contributed by atoms with Crippen LogP contribution >= 0.6 is 11.6 Å². The highest BCUT2D eigenvalue weighted by atomic mass is 35.5.